The standard InChI is InChI=1S/C17H19N3/c1-4-13-6-8-14(9-7-13)16-12(3)10-15(11-18)17(20-16)19-5-2/h6-10H,4-5H2,1-3H3,(H,19,20). The monoisotopic (exact) mass is 265 g/mol. The van der Waals surface area contributed by atoms with Crippen molar-refractivity contribution >= 4 is 5.82 Å². The summed E-state index contributed by atoms with van der Waals surface area (Å²) in [4.78, 5) is 4.62. The second-order valence-electron chi connectivity index (χ2n) is 4.74. The Hall–Kier alpha value is -2.34. The molecular formula is C17H19N3. The Morgan fingerprint density at radius 1 is 1.20 bits per heavy atom. The minimum absolute atomic E-state index is 0.596. The van der Waals surface area contributed by atoms with E-state index in [-0.39, 0.29) is 0 Å². The lowest BCUT2D eigenvalue weighted by Gasteiger charge is -2.11. The number of aromatic nitrogens is 1. The van der Waals surface area contributed by atoms with Crippen LogP contribution in [0.1, 0.15) is 30.5 Å². The van der Waals surface area contributed by atoms with E-state index in [4.69, 9.17) is 5.26 Å². The summed E-state index contributed by atoms with van der Waals surface area (Å²) in [5, 5.41) is 12.3. The van der Waals surface area contributed by atoms with Crippen LogP contribution in [0.2, 0.25) is 0 Å². The van der Waals surface area contributed by atoms with E-state index >= 15 is 0 Å². The third-order valence-corrected chi connectivity index (χ3v) is 3.31. The van der Waals surface area contributed by atoms with Crippen LogP contribution < -0.4 is 5.32 Å². The van der Waals surface area contributed by atoms with Gasteiger partial charge in [0.15, 0.2) is 0 Å². The molecule has 0 spiro atoms. The third kappa shape index (κ3) is 2.80. The molecule has 0 aliphatic carbocycles. The van der Waals surface area contributed by atoms with Crippen molar-refractivity contribution in [2.24, 2.45) is 0 Å². The van der Waals surface area contributed by atoms with Crippen LogP contribution in [0, 0.1) is 18.3 Å². The topological polar surface area (TPSA) is 48.7 Å². The van der Waals surface area contributed by atoms with Gasteiger partial charge in [-0.05, 0) is 37.5 Å². The molecule has 1 N–H and O–H groups in total. The number of aryl methyl sites for hydroxylation is 2. The molecule has 20 heavy (non-hydrogen) atoms. The largest absolute Gasteiger partial charge is 0.369 e. The Balaban J connectivity index is 2.50. The number of benzene rings is 1. The molecule has 3 heteroatoms. The minimum Gasteiger partial charge on any atom is -0.369 e. The first-order chi connectivity index (χ1) is 9.69. The third-order valence-electron chi connectivity index (χ3n) is 3.31. The maximum atomic E-state index is 9.17. The Kier molecular flexibility index (Phi) is 4.37. The molecule has 3 nitrogen and oxygen atoms in total. The average molecular weight is 265 g/mol. The lowest BCUT2D eigenvalue weighted by atomic mass is 10.0. The van der Waals surface area contributed by atoms with Gasteiger partial charge >= 0.3 is 0 Å². The number of hydrogen-bond acceptors (Lipinski definition) is 3. The van der Waals surface area contributed by atoms with Crippen molar-refractivity contribution in [3.63, 3.8) is 0 Å². The van der Waals surface area contributed by atoms with E-state index in [9.17, 15) is 0 Å². The lowest BCUT2D eigenvalue weighted by molar-refractivity contribution is 1.13. The van der Waals surface area contributed by atoms with Crippen LogP contribution in [0.3, 0.4) is 0 Å². The smallest absolute Gasteiger partial charge is 0.144 e. The van der Waals surface area contributed by atoms with Gasteiger partial charge in [-0.3, -0.25) is 0 Å². The van der Waals surface area contributed by atoms with Gasteiger partial charge in [-0.1, -0.05) is 31.2 Å². The molecule has 2 aromatic rings. The Labute approximate surface area is 120 Å². The van der Waals surface area contributed by atoms with Crippen molar-refractivity contribution < 1.29 is 0 Å². The number of nitriles is 1. The highest BCUT2D eigenvalue weighted by molar-refractivity contribution is 5.68. The van der Waals surface area contributed by atoms with Gasteiger partial charge in [0.1, 0.15) is 11.9 Å². The number of rotatable bonds is 4. The van der Waals surface area contributed by atoms with Crippen molar-refractivity contribution in [1.29, 1.82) is 5.26 Å². The number of nitrogens with one attached hydrogen (secondary N) is 1. The van der Waals surface area contributed by atoms with Crippen LogP contribution >= 0.6 is 0 Å². The predicted molar refractivity (Wildman–Crippen MR) is 82.7 cm³/mol. The Bertz CT molecular complexity index is 637. The fraction of sp³-hybridized carbons (Fsp3) is 0.294. The maximum Gasteiger partial charge on any atom is 0.144 e. The Morgan fingerprint density at radius 3 is 2.45 bits per heavy atom. The van der Waals surface area contributed by atoms with Crippen LogP contribution in [0.15, 0.2) is 30.3 Å². The molecule has 0 bridgehead atoms. The molecule has 0 amide bonds. The van der Waals surface area contributed by atoms with Gasteiger partial charge in [-0.15, -0.1) is 0 Å². The second-order valence-corrected chi connectivity index (χ2v) is 4.74. The summed E-state index contributed by atoms with van der Waals surface area (Å²) in [6, 6.07) is 12.5. The van der Waals surface area contributed by atoms with Gasteiger partial charge in [0.2, 0.25) is 0 Å². The van der Waals surface area contributed by atoms with Crippen molar-refractivity contribution in [2.75, 3.05) is 11.9 Å². The number of nitrogens with zero attached hydrogens (tertiary/aromatic N) is 2. The van der Waals surface area contributed by atoms with Gasteiger partial charge < -0.3 is 5.32 Å². The van der Waals surface area contributed by atoms with E-state index in [1.54, 1.807) is 0 Å². The minimum atomic E-state index is 0.596. The molecule has 0 aliphatic rings. The first-order valence-electron chi connectivity index (χ1n) is 6.94. The first kappa shape index (κ1) is 14.1. The lowest BCUT2D eigenvalue weighted by Crippen LogP contribution is -2.04. The van der Waals surface area contributed by atoms with Crippen molar-refractivity contribution in [3.05, 3.63) is 47.0 Å². The van der Waals surface area contributed by atoms with Gasteiger partial charge in [-0.2, -0.15) is 5.26 Å². The molecule has 2 rings (SSSR count). The summed E-state index contributed by atoms with van der Waals surface area (Å²) in [7, 11) is 0. The van der Waals surface area contributed by atoms with Crippen LogP contribution in [-0.2, 0) is 6.42 Å². The van der Waals surface area contributed by atoms with Crippen LogP contribution in [0.4, 0.5) is 5.82 Å². The first-order valence-corrected chi connectivity index (χ1v) is 6.94. The zero-order valence-corrected chi connectivity index (χ0v) is 12.2. The molecule has 0 unspecified atom stereocenters. The van der Waals surface area contributed by atoms with Crippen molar-refractivity contribution in [3.8, 4) is 17.3 Å². The number of hydrogen-bond donors (Lipinski definition) is 1. The molecule has 0 fully saturated rings. The highest BCUT2D eigenvalue weighted by atomic mass is 15.0. The molecule has 0 saturated heterocycles. The molecule has 0 atom stereocenters. The summed E-state index contributed by atoms with van der Waals surface area (Å²) in [6.45, 7) is 6.88. The van der Waals surface area contributed by atoms with Crippen LogP contribution in [0.25, 0.3) is 11.3 Å². The van der Waals surface area contributed by atoms with E-state index in [0.29, 0.717) is 11.4 Å². The maximum absolute atomic E-state index is 9.17. The van der Waals surface area contributed by atoms with Gasteiger partial charge in [0, 0.05) is 12.1 Å². The predicted octanol–water partition coefficient (Wildman–Crippen LogP) is 3.92. The quantitative estimate of drug-likeness (QED) is 0.911. The molecule has 0 radical (unpaired) electrons. The van der Waals surface area contributed by atoms with Gasteiger partial charge in [0.25, 0.3) is 0 Å². The summed E-state index contributed by atoms with van der Waals surface area (Å²) in [6.07, 6.45) is 1.03. The summed E-state index contributed by atoms with van der Waals surface area (Å²) >= 11 is 0. The summed E-state index contributed by atoms with van der Waals surface area (Å²) < 4.78 is 0. The molecule has 1 aromatic heterocycles. The SMILES string of the molecule is CCNc1nc(-c2ccc(CC)cc2)c(C)cc1C#N. The molecule has 0 saturated carbocycles. The number of pyridine rings is 1. The Morgan fingerprint density at radius 2 is 1.90 bits per heavy atom. The molecule has 102 valence electrons. The summed E-state index contributed by atoms with van der Waals surface area (Å²) in [5.74, 6) is 0.662. The zero-order valence-electron chi connectivity index (χ0n) is 12.2. The van der Waals surface area contributed by atoms with E-state index in [1.165, 1.54) is 5.56 Å². The average Bonchev–Trinajstić information content (AvgIpc) is 2.49. The highest BCUT2D eigenvalue weighted by Gasteiger charge is 2.10. The summed E-state index contributed by atoms with van der Waals surface area (Å²) in [5.41, 5.74) is 4.95. The molecule has 1 heterocycles. The fourth-order valence-corrected chi connectivity index (χ4v) is 2.19. The van der Waals surface area contributed by atoms with E-state index in [2.05, 4.69) is 47.6 Å². The van der Waals surface area contributed by atoms with E-state index in [1.807, 2.05) is 19.9 Å². The highest BCUT2D eigenvalue weighted by Crippen LogP contribution is 2.26. The van der Waals surface area contributed by atoms with Crippen LogP contribution in [0.5, 0.6) is 0 Å². The molecule has 0 aliphatic heterocycles. The van der Waals surface area contributed by atoms with Gasteiger partial charge in [-0.25, -0.2) is 4.98 Å². The van der Waals surface area contributed by atoms with Crippen LogP contribution in [-0.4, -0.2) is 11.5 Å². The van der Waals surface area contributed by atoms with Crippen molar-refractivity contribution in [2.45, 2.75) is 27.2 Å². The molecule has 1 aromatic carbocycles. The zero-order chi connectivity index (χ0) is 14.5. The van der Waals surface area contributed by atoms with E-state index < -0.39 is 0 Å². The van der Waals surface area contributed by atoms with Crippen molar-refractivity contribution in [1.82, 2.24) is 4.98 Å². The fourth-order valence-electron chi connectivity index (χ4n) is 2.19. The normalized spacial score (nSPS) is 10.1. The van der Waals surface area contributed by atoms with E-state index in [0.717, 1.165) is 29.8 Å². The second kappa shape index (κ2) is 6.21. The number of anilines is 1. The molecular weight excluding hydrogens is 246 g/mol. The van der Waals surface area contributed by atoms with Gasteiger partial charge in [0.05, 0.1) is 11.3 Å².